The Hall–Kier alpha value is -2.83. The highest BCUT2D eigenvalue weighted by Gasteiger charge is 2.23. The minimum absolute atomic E-state index is 0.132. The summed E-state index contributed by atoms with van der Waals surface area (Å²) in [6.45, 7) is 0.777. The van der Waals surface area contributed by atoms with Crippen LogP contribution in [0, 0.1) is 0 Å². The molecule has 1 amide bonds. The molecule has 1 aromatic carbocycles. The van der Waals surface area contributed by atoms with E-state index in [0.717, 1.165) is 11.3 Å². The molecule has 3 rings (SSSR count). The highest BCUT2D eigenvalue weighted by atomic mass is 16.5. The number of aromatic nitrogens is 2. The lowest BCUT2D eigenvalue weighted by molar-refractivity contribution is 0.0957. The zero-order chi connectivity index (χ0) is 15.5. The third kappa shape index (κ3) is 2.78. The predicted octanol–water partition coefficient (Wildman–Crippen LogP) is 0.780. The SMILES string of the molecule is COc1ccc(Cc2nc(N)c3c(n2)OCCNC3=O)cc1. The van der Waals surface area contributed by atoms with Gasteiger partial charge < -0.3 is 20.5 Å². The number of ether oxygens (including phenoxy) is 2. The van der Waals surface area contributed by atoms with Crippen molar-refractivity contribution in [3.8, 4) is 11.6 Å². The van der Waals surface area contributed by atoms with E-state index >= 15 is 0 Å². The maximum absolute atomic E-state index is 11.9. The van der Waals surface area contributed by atoms with Crippen LogP contribution >= 0.6 is 0 Å². The van der Waals surface area contributed by atoms with Crippen molar-refractivity contribution in [1.82, 2.24) is 15.3 Å². The van der Waals surface area contributed by atoms with Crippen molar-refractivity contribution >= 4 is 11.7 Å². The Morgan fingerprint density at radius 2 is 2.09 bits per heavy atom. The first kappa shape index (κ1) is 14.1. The second kappa shape index (κ2) is 5.88. The number of nitrogens with zero attached hydrogens (tertiary/aromatic N) is 2. The van der Waals surface area contributed by atoms with Crippen molar-refractivity contribution in [2.75, 3.05) is 26.0 Å². The largest absolute Gasteiger partial charge is 0.497 e. The Labute approximate surface area is 127 Å². The fourth-order valence-electron chi connectivity index (χ4n) is 2.23. The zero-order valence-corrected chi connectivity index (χ0v) is 12.1. The number of nitrogen functional groups attached to an aromatic ring is 1. The maximum Gasteiger partial charge on any atom is 0.260 e. The highest BCUT2D eigenvalue weighted by Crippen LogP contribution is 2.23. The van der Waals surface area contributed by atoms with Crippen molar-refractivity contribution in [2.45, 2.75) is 6.42 Å². The first-order valence-corrected chi connectivity index (χ1v) is 6.87. The van der Waals surface area contributed by atoms with E-state index in [0.29, 0.717) is 25.4 Å². The quantitative estimate of drug-likeness (QED) is 0.869. The number of rotatable bonds is 3. The molecule has 2 aromatic rings. The van der Waals surface area contributed by atoms with E-state index in [-0.39, 0.29) is 23.2 Å². The van der Waals surface area contributed by atoms with Gasteiger partial charge in [0.1, 0.15) is 29.6 Å². The number of anilines is 1. The summed E-state index contributed by atoms with van der Waals surface area (Å²) in [5, 5.41) is 2.69. The van der Waals surface area contributed by atoms with E-state index in [9.17, 15) is 4.79 Å². The molecule has 7 heteroatoms. The summed E-state index contributed by atoms with van der Waals surface area (Å²) in [6, 6.07) is 7.59. The molecule has 0 radical (unpaired) electrons. The van der Waals surface area contributed by atoms with Crippen LogP contribution in [0.3, 0.4) is 0 Å². The second-order valence-electron chi connectivity index (χ2n) is 4.83. The molecule has 0 saturated heterocycles. The Morgan fingerprint density at radius 1 is 1.32 bits per heavy atom. The van der Waals surface area contributed by atoms with Gasteiger partial charge in [-0.3, -0.25) is 4.79 Å². The molecule has 22 heavy (non-hydrogen) atoms. The molecule has 2 heterocycles. The number of carbonyl (C=O) groups excluding carboxylic acids is 1. The van der Waals surface area contributed by atoms with Gasteiger partial charge in [0, 0.05) is 6.42 Å². The molecule has 1 aliphatic rings. The first-order chi connectivity index (χ1) is 10.7. The van der Waals surface area contributed by atoms with E-state index in [2.05, 4.69) is 15.3 Å². The minimum Gasteiger partial charge on any atom is -0.497 e. The van der Waals surface area contributed by atoms with E-state index < -0.39 is 0 Å². The molecular formula is C15H16N4O3. The van der Waals surface area contributed by atoms with Crippen LogP contribution in [-0.2, 0) is 6.42 Å². The van der Waals surface area contributed by atoms with Gasteiger partial charge in [0.15, 0.2) is 0 Å². The highest BCUT2D eigenvalue weighted by molar-refractivity contribution is 6.00. The van der Waals surface area contributed by atoms with Gasteiger partial charge in [-0.15, -0.1) is 0 Å². The molecular weight excluding hydrogens is 284 g/mol. The van der Waals surface area contributed by atoms with Crippen LogP contribution in [0.15, 0.2) is 24.3 Å². The number of benzene rings is 1. The normalized spacial score (nSPS) is 13.6. The smallest absolute Gasteiger partial charge is 0.260 e. The van der Waals surface area contributed by atoms with Crippen molar-refractivity contribution in [2.24, 2.45) is 0 Å². The third-order valence-electron chi connectivity index (χ3n) is 3.32. The number of methoxy groups -OCH3 is 1. The zero-order valence-electron chi connectivity index (χ0n) is 12.1. The second-order valence-corrected chi connectivity index (χ2v) is 4.83. The van der Waals surface area contributed by atoms with Crippen LogP contribution < -0.4 is 20.5 Å². The lowest BCUT2D eigenvalue weighted by Gasteiger charge is -2.09. The molecule has 0 spiro atoms. The summed E-state index contributed by atoms with van der Waals surface area (Å²) in [6.07, 6.45) is 0.493. The molecule has 0 saturated carbocycles. The summed E-state index contributed by atoms with van der Waals surface area (Å²) >= 11 is 0. The fourth-order valence-corrected chi connectivity index (χ4v) is 2.23. The van der Waals surface area contributed by atoms with Crippen LogP contribution in [0.1, 0.15) is 21.7 Å². The summed E-state index contributed by atoms with van der Waals surface area (Å²) in [7, 11) is 1.62. The summed E-state index contributed by atoms with van der Waals surface area (Å²) in [5.74, 6) is 1.36. The molecule has 114 valence electrons. The molecule has 1 aromatic heterocycles. The van der Waals surface area contributed by atoms with Crippen molar-refractivity contribution in [1.29, 1.82) is 0 Å². The van der Waals surface area contributed by atoms with Gasteiger partial charge in [0.25, 0.3) is 5.91 Å². The maximum atomic E-state index is 11.9. The van der Waals surface area contributed by atoms with E-state index in [4.69, 9.17) is 15.2 Å². The van der Waals surface area contributed by atoms with Gasteiger partial charge in [-0.25, -0.2) is 4.98 Å². The predicted molar refractivity (Wildman–Crippen MR) is 80.1 cm³/mol. The lowest BCUT2D eigenvalue weighted by atomic mass is 10.1. The standard InChI is InChI=1S/C15H16N4O3/c1-21-10-4-2-9(3-5-10)8-11-18-13(16)12-14(20)17-6-7-22-15(12)19-11/h2-5H,6-8H2,1H3,(H,17,20)(H2,16,18,19). The Bertz CT molecular complexity index is 701. The van der Waals surface area contributed by atoms with E-state index in [1.165, 1.54) is 0 Å². The number of nitrogens with one attached hydrogen (secondary N) is 1. The minimum atomic E-state index is -0.305. The molecule has 0 atom stereocenters. The van der Waals surface area contributed by atoms with Crippen molar-refractivity contribution in [3.05, 3.63) is 41.2 Å². The number of amides is 1. The number of fused-ring (bicyclic) bond motifs is 1. The Kier molecular flexibility index (Phi) is 3.78. The van der Waals surface area contributed by atoms with Crippen LogP contribution in [0.5, 0.6) is 11.6 Å². The average Bonchev–Trinajstić information content (AvgIpc) is 2.70. The molecule has 0 bridgehead atoms. The van der Waals surface area contributed by atoms with E-state index in [1.807, 2.05) is 24.3 Å². The van der Waals surface area contributed by atoms with Crippen LogP contribution in [0.2, 0.25) is 0 Å². The Balaban J connectivity index is 1.90. The molecule has 7 nitrogen and oxygen atoms in total. The first-order valence-electron chi connectivity index (χ1n) is 6.87. The number of carbonyl (C=O) groups is 1. The molecule has 0 unspecified atom stereocenters. The molecule has 0 fully saturated rings. The monoisotopic (exact) mass is 300 g/mol. The fraction of sp³-hybridized carbons (Fsp3) is 0.267. The number of nitrogens with two attached hydrogens (primary N) is 1. The van der Waals surface area contributed by atoms with Gasteiger partial charge in [-0.05, 0) is 17.7 Å². The number of hydrogen-bond donors (Lipinski definition) is 2. The number of hydrogen-bond acceptors (Lipinski definition) is 6. The van der Waals surface area contributed by atoms with Gasteiger partial charge in [-0.1, -0.05) is 12.1 Å². The topological polar surface area (TPSA) is 99.4 Å². The van der Waals surface area contributed by atoms with Crippen molar-refractivity contribution in [3.63, 3.8) is 0 Å². The van der Waals surface area contributed by atoms with Crippen LogP contribution in [0.4, 0.5) is 5.82 Å². The van der Waals surface area contributed by atoms with Gasteiger partial charge >= 0.3 is 0 Å². The van der Waals surface area contributed by atoms with E-state index in [1.54, 1.807) is 7.11 Å². The summed E-state index contributed by atoms with van der Waals surface area (Å²) in [4.78, 5) is 20.4. The average molecular weight is 300 g/mol. The molecule has 0 aliphatic carbocycles. The summed E-state index contributed by atoms with van der Waals surface area (Å²) in [5.41, 5.74) is 7.11. The Morgan fingerprint density at radius 3 is 2.82 bits per heavy atom. The molecule has 3 N–H and O–H groups in total. The van der Waals surface area contributed by atoms with Crippen molar-refractivity contribution < 1.29 is 14.3 Å². The molecule has 1 aliphatic heterocycles. The van der Waals surface area contributed by atoms with Crippen LogP contribution in [0.25, 0.3) is 0 Å². The van der Waals surface area contributed by atoms with Gasteiger partial charge in [-0.2, -0.15) is 4.98 Å². The van der Waals surface area contributed by atoms with Gasteiger partial charge in [0.2, 0.25) is 5.88 Å². The van der Waals surface area contributed by atoms with Crippen LogP contribution in [-0.4, -0.2) is 36.1 Å². The lowest BCUT2D eigenvalue weighted by Crippen LogP contribution is -2.25. The van der Waals surface area contributed by atoms with Gasteiger partial charge in [0.05, 0.1) is 13.7 Å². The summed E-state index contributed by atoms with van der Waals surface area (Å²) < 4.78 is 10.6. The third-order valence-corrected chi connectivity index (χ3v) is 3.32.